The molecular formula is C20H30N4O3S. The number of aryl methyl sites for hydroxylation is 2. The van der Waals surface area contributed by atoms with Gasteiger partial charge in [-0.25, -0.2) is 18.5 Å². The normalized spacial score (nSPS) is 20.4. The van der Waals surface area contributed by atoms with Gasteiger partial charge in [0.05, 0.1) is 15.9 Å². The number of carbonyl (C=O) groups excluding carboxylic acids is 1. The van der Waals surface area contributed by atoms with Gasteiger partial charge in [0.1, 0.15) is 5.82 Å². The first kappa shape index (κ1) is 20.8. The summed E-state index contributed by atoms with van der Waals surface area (Å²) in [5.74, 6) is 1.38. The van der Waals surface area contributed by atoms with E-state index in [1.165, 1.54) is 31.4 Å². The smallest absolute Gasteiger partial charge is 0.238 e. The molecule has 8 heteroatoms. The topological polar surface area (TPSA) is 107 Å². The lowest BCUT2D eigenvalue weighted by Crippen LogP contribution is -2.41. The second-order valence-electron chi connectivity index (χ2n) is 7.81. The quantitative estimate of drug-likeness (QED) is 0.737. The van der Waals surface area contributed by atoms with Gasteiger partial charge in [0, 0.05) is 25.4 Å². The Morgan fingerprint density at radius 3 is 2.75 bits per heavy atom. The highest BCUT2D eigenvalue weighted by Crippen LogP contribution is 2.24. The van der Waals surface area contributed by atoms with E-state index in [0.717, 1.165) is 30.7 Å². The predicted octanol–water partition coefficient (Wildman–Crippen LogP) is 2.72. The number of hydrogen-bond acceptors (Lipinski definition) is 4. The molecule has 2 atom stereocenters. The van der Waals surface area contributed by atoms with Crippen LogP contribution in [0.1, 0.15) is 58.2 Å². The molecule has 1 aromatic heterocycles. The fraction of sp³-hybridized carbons (Fsp3) is 0.600. The summed E-state index contributed by atoms with van der Waals surface area (Å²) < 4.78 is 25.3. The number of benzene rings is 1. The molecule has 0 saturated heterocycles. The van der Waals surface area contributed by atoms with E-state index in [2.05, 4.69) is 28.7 Å². The van der Waals surface area contributed by atoms with Crippen LogP contribution in [0.4, 0.5) is 0 Å². The first-order valence-corrected chi connectivity index (χ1v) is 11.7. The predicted molar refractivity (Wildman–Crippen MR) is 109 cm³/mol. The van der Waals surface area contributed by atoms with Crippen molar-refractivity contribution in [2.45, 2.75) is 76.3 Å². The maximum Gasteiger partial charge on any atom is 0.238 e. The number of rotatable bonds is 7. The molecule has 1 aromatic carbocycles. The van der Waals surface area contributed by atoms with Crippen molar-refractivity contribution in [3.63, 3.8) is 0 Å². The van der Waals surface area contributed by atoms with Gasteiger partial charge in [-0.3, -0.25) is 4.79 Å². The molecule has 154 valence electrons. The van der Waals surface area contributed by atoms with E-state index in [-0.39, 0.29) is 16.8 Å². The van der Waals surface area contributed by atoms with Crippen molar-refractivity contribution in [2.75, 3.05) is 0 Å². The lowest BCUT2D eigenvalue weighted by atomic mass is 9.86. The zero-order valence-electron chi connectivity index (χ0n) is 16.6. The largest absolute Gasteiger partial charge is 0.353 e. The lowest BCUT2D eigenvalue weighted by Gasteiger charge is -2.29. The number of nitrogens with two attached hydrogens (primary N) is 1. The van der Waals surface area contributed by atoms with Crippen LogP contribution in [0.3, 0.4) is 0 Å². The lowest BCUT2D eigenvalue weighted by molar-refractivity contribution is -0.122. The molecule has 1 fully saturated rings. The van der Waals surface area contributed by atoms with E-state index in [9.17, 15) is 13.2 Å². The number of primary sulfonamides is 1. The van der Waals surface area contributed by atoms with Crippen LogP contribution in [0.15, 0.2) is 23.1 Å². The average Bonchev–Trinajstić information content (AvgIpc) is 2.98. The van der Waals surface area contributed by atoms with Gasteiger partial charge in [-0.2, -0.15) is 0 Å². The van der Waals surface area contributed by atoms with Crippen molar-refractivity contribution in [2.24, 2.45) is 11.1 Å². The molecule has 0 bridgehead atoms. The molecule has 2 aromatic rings. The zero-order chi connectivity index (χ0) is 20.3. The fourth-order valence-electron chi connectivity index (χ4n) is 4.04. The van der Waals surface area contributed by atoms with E-state index < -0.39 is 10.0 Å². The third-order valence-corrected chi connectivity index (χ3v) is 6.52. The molecule has 3 N–H and O–H groups in total. The Labute approximate surface area is 166 Å². The number of aromatic nitrogens is 2. The van der Waals surface area contributed by atoms with E-state index in [1.54, 1.807) is 6.07 Å². The van der Waals surface area contributed by atoms with Crippen LogP contribution < -0.4 is 10.5 Å². The summed E-state index contributed by atoms with van der Waals surface area (Å²) >= 11 is 0. The van der Waals surface area contributed by atoms with Crippen LogP contribution in [-0.2, 0) is 27.8 Å². The summed E-state index contributed by atoms with van der Waals surface area (Å²) in [6.07, 6.45) is 6.45. The van der Waals surface area contributed by atoms with Gasteiger partial charge < -0.3 is 9.88 Å². The Balaban J connectivity index is 1.75. The molecule has 1 amide bonds. The van der Waals surface area contributed by atoms with Gasteiger partial charge in [0.25, 0.3) is 0 Å². The van der Waals surface area contributed by atoms with Crippen LogP contribution in [-0.4, -0.2) is 29.9 Å². The van der Waals surface area contributed by atoms with Gasteiger partial charge in [-0.1, -0.05) is 26.7 Å². The van der Waals surface area contributed by atoms with Gasteiger partial charge >= 0.3 is 0 Å². The van der Waals surface area contributed by atoms with Crippen LogP contribution in [0.25, 0.3) is 11.0 Å². The van der Waals surface area contributed by atoms with Crippen molar-refractivity contribution < 1.29 is 13.2 Å². The molecule has 0 spiro atoms. The Kier molecular flexibility index (Phi) is 6.40. The minimum absolute atomic E-state index is 0.0525. The van der Waals surface area contributed by atoms with Gasteiger partial charge in [-0.05, 0) is 43.4 Å². The molecule has 2 unspecified atom stereocenters. The number of fused-ring (bicyclic) bond motifs is 1. The number of nitrogens with zero attached hydrogens (tertiary/aromatic N) is 2. The number of imidazole rings is 1. The third kappa shape index (κ3) is 4.72. The SMILES string of the molecule is CCCn1c(CCC(=O)NC2CCCCC2C)nc2cc(S(N)(=O)=O)ccc21. The van der Waals surface area contributed by atoms with Crippen molar-refractivity contribution in [3.05, 3.63) is 24.0 Å². The first-order chi connectivity index (χ1) is 13.3. The summed E-state index contributed by atoms with van der Waals surface area (Å²) in [6.45, 7) is 5.04. The highest BCUT2D eigenvalue weighted by Gasteiger charge is 2.23. The van der Waals surface area contributed by atoms with Crippen LogP contribution in [0.5, 0.6) is 0 Å². The van der Waals surface area contributed by atoms with Gasteiger partial charge in [-0.15, -0.1) is 0 Å². The van der Waals surface area contributed by atoms with Gasteiger partial charge in [0.2, 0.25) is 15.9 Å². The first-order valence-electron chi connectivity index (χ1n) is 10.1. The summed E-state index contributed by atoms with van der Waals surface area (Å²) in [4.78, 5) is 17.1. The Morgan fingerprint density at radius 1 is 1.32 bits per heavy atom. The molecule has 1 aliphatic carbocycles. The van der Waals surface area contributed by atoms with Crippen molar-refractivity contribution >= 4 is 27.0 Å². The van der Waals surface area contributed by atoms with E-state index >= 15 is 0 Å². The minimum Gasteiger partial charge on any atom is -0.353 e. The maximum absolute atomic E-state index is 12.5. The molecule has 1 aliphatic rings. The number of amides is 1. The number of nitrogens with one attached hydrogen (secondary N) is 1. The number of hydrogen-bond donors (Lipinski definition) is 2. The Hall–Kier alpha value is -1.93. The van der Waals surface area contributed by atoms with E-state index in [0.29, 0.717) is 24.3 Å². The van der Waals surface area contributed by atoms with Crippen molar-refractivity contribution in [1.29, 1.82) is 0 Å². The molecular weight excluding hydrogens is 376 g/mol. The molecule has 0 aliphatic heterocycles. The molecule has 28 heavy (non-hydrogen) atoms. The van der Waals surface area contributed by atoms with Crippen LogP contribution in [0, 0.1) is 5.92 Å². The monoisotopic (exact) mass is 406 g/mol. The minimum atomic E-state index is -3.77. The average molecular weight is 407 g/mol. The van der Waals surface area contributed by atoms with E-state index in [1.807, 2.05) is 0 Å². The Bertz CT molecular complexity index is 952. The second-order valence-corrected chi connectivity index (χ2v) is 9.37. The van der Waals surface area contributed by atoms with Crippen molar-refractivity contribution in [3.8, 4) is 0 Å². The molecule has 0 radical (unpaired) electrons. The highest BCUT2D eigenvalue weighted by molar-refractivity contribution is 7.89. The zero-order valence-corrected chi connectivity index (χ0v) is 17.5. The van der Waals surface area contributed by atoms with Gasteiger partial charge in [0.15, 0.2) is 0 Å². The third-order valence-electron chi connectivity index (χ3n) is 5.61. The second kappa shape index (κ2) is 8.61. The summed E-state index contributed by atoms with van der Waals surface area (Å²) in [5.41, 5.74) is 1.46. The highest BCUT2D eigenvalue weighted by atomic mass is 32.2. The standard InChI is InChI=1S/C20H30N4O3S/c1-3-12-24-18-9-8-15(28(21,26)27)13-17(18)22-19(24)10-11-20(25)23-16-7-5-4-6-14(16)2/h8-9,13-14,16H,3-7,10-12H2,1-2H3,(H,23,25)(H2,21,26,27). The Morgan fingerprint density at radius 2 is 2.07 bits per heavy atom. The van der Waals surface area contributed by atoms with Crippen LogP contribution in [0.2, 0.25) is 0 Å². The summed E-state index contributed by atoms with van der Waals surface area (Å²) in [7, 11) is -3.77. The number of sulfonamides is 1. The molecule has 7 nitrogen and oxygen atoms in total. The van der Waals surface area contributed by atoms with Crippen molar-refractivity contribution in [1.82, 2.24) is 14.9 Å². The maximum atomic E-state index is 12.5. The fourth-order valence-corrected chi connectivity index (χ4v) is 4.57. The summed E-state index contributed by atoms with van der Waals surface area (Å²) in [6, 6.07) is 5.02. The van der Waals surface area contributed by atoms with Crippen LogP contribution >= 0.6 is 0 Å². The van der Waals surface area contributed by atoms with E-state index in [4.69, 9.17) is 5.14 Å². The molecule has 1 heterocycles. The summed E-state index contributed by atoms with van der Waals surface area (Å²) in [5, 5.41) is 8.42. The molecule has 1 saturated carbocycles. The molecule has 3 rings (SSSR count). The number of carbonyl (C=O) groups is 1.